The highest BCUT2D eigenvalue weighted by Gasteiger charge is 2.13. The molecule has 20 heavy (non-hydrogen) atoms. The van der Waals surface area contributed by atoms with Crippen LogP contribution in [-0.2, 0) is 13.6 Å². The molecule has 0 bridgehead atoms. The van der Waals surface area contributed by atoms with Gasteiger partial charge in [0.15, 0.2) is 5.69 Å². The lowest BCUT2D eigenvalue weighted by Crippen LogP contribution is -2.30. The predicted molar refractivity (Wildman–Crippen MR) is 70.3 cm³/mol. The zero-order valence-corrected chi connectivity index (χ0v) is 10.7. The Kier molecular flexibility index (Phi) is 3.94. The topological polar surface area (TPSA) is 109 Å². The van der Waals surface area contributed by atoms with Crippen LogP contribution in [0.3, 0.4) is 0 Å². The van der Waals surface area contributed by atoms with Gasteiger partial charge in [-0.05, 0) is 12.1 Å². The fourth-order valence-electron chi connectivity index (χ4n) is 1.57. The average Bonchev–Trinajstić information content (AvgIpc) is 2.82. The second-order valence-electron chi connectivity index (χ2n) is 3.97. The SMILES string of the molecule is Cn1ccnc1CNC(=O)Nc1cccnc1C(=O)O. The first-order chi connectivity index (χ1) is 9.58. The molecule has 2 amide bonds. The molecule has 0 radical (unpaired) electrons. The number of carboxylic acids is 1. The molecule has 0 unspecified atom stereocenters. The Morgan fingerprint density at radius 2 is 2.15 bits per heavy atom. The predicted octanol–water partition coefficient (Wildman–Crippen LogP) is 0.835. The fraction of sp³-hybridized carbons (Fsp3) is 0.167. The number of aryl methyl sites for hydroxylation is 1. The highest BCUT2D eigenvalue weighted by atomic mass is 16.4. The number of rotatable bonds is 4. The maximum Gasteiger partial charge on any atom is 0.356 e. The number of hydrogen-bond donors (Lipinski definition) is 3. The van der Waals surface area contributed by atoms with Gasteiger partial charge in [0, 0.05) is 25.6 Å². The quantitative estimate of drug-likeness (QED) is 0.765. The van der Waals surface area contributed by atoms with Crippen molar-refractivity contribution in [3.63, 3.8) is 0 Å². The van der Waals surface area contributed by atoms with E-state index in [0.717, 1.165) is 0 Å². The number of imidazole rings is 1. The van der Waals surface area contributed by atoms with E-state index in [1.54, 1.807) is 23.0 Å². The first-order valence-corrected chi connectivity index (χ1v) is 5.77. The van der Waals surface area contributed by atoms with Crippen molar-refractivity contribution in [2.24, 2.45) is 7.05 Å². The minimum atomic E-state index is -1.20. The van der Waals surface area contributed by atoms with E-state index >= 15 is 0 Å². The molecular weight excluding hydrogens is 262 g/mol. The summed E-state index contributed by atoms with van der Waals surface area (Å²) in [6.45, 7) is 0.234. The number of aromatic carboxylic acids is 1. The van der Waals surface area contributed by atoms with Crippen LogP contribution in [0.25, 0.3) is 0 Å². The summed E-state index contributed by atoms with van der Waals surface area (Å²) in [5.74, 6) is -0.519. The van der Waals surface area contributed by atoms with E-state index in [9.17, 15) is 9.59 Å². The summed E-state index contributed by atoms with van der Waals surface area (Å²) in [4.78, 5) is 30.4. The van der Waals surface area contributed by atoms with Crippen LogP contribution in [0.1, 0.15) is 16.3 Å². The van der Waals surface area contributed by atoms with E-state index in [1.165, 1.54) is 12.3 Å². The van der Waals surface area contributed by atoms with Crippen LogP contribution in [0.4, 0.5) is 10.5 Å². The maximum atomic E-state index is 11.7. The molecule has 0 aliphatic rings. The van der Waals surface area contributed by atoms with Crippen molar-refractivity contribution in [2.75, 3.05) is 5.32 Å². The number of aromatic nitrogens is 3. The minimum absolute atomic E-state index is 0.136. The highest BCUT2D eigenvalue weighted by Crippen LogP contribution is 2.11. The summed E-state index contributed by atoms with van der Waals surface area (Å²) in [6, 6.07) is 2.49. The van der Waals surface area contributed by atoms with Gasteiger partial charge in [0.25, 0.3) is 0 Å². The third kappa shape index (κ3) is 3.10. The Morgan fingerprint density at radius 3 is 2.80 bits per heavy atom. The molecule has 0 saturated carbocycles. The molecule has 2 aromatic heterocycles. The molecule has 0 aliphatic heterocycles. The molecule has 0 spiro atoms. The fourth-order valence-corrected chi connectivity index (χ4v) is 1.57. The minimum Gasteiger partial charge on any atom is -0.476 e. The lowest BCUT2D eigenvalue weighted by molar-refractivity contribution is 0.0691. The standard InChI is InChI=1S/C12H13N5O3/c1-17-6-5-13-9(17)7-15-12(20)16-8-3-2-4-14-10(8)11(18)19/h2-6H,7H2,1H3,(H,18,19)(H2,15,16,20). The largest absolute Gasteiger partial charge is 0.476 e. The zero-order valence-electron chi connectivity index (χ0n) is 10.7. The third-order valence-corrected chi connectivity index (χ3v) is 2.59. The normalized spacial score (nSPS) is 10.1. The molecule has 0 atom stereocenters. The van der Waals surface area contributed by atoms with Crippen LogP contribution in [0.5, 0.6) is 0 Å². The number of carbonyl (C=O) groups excluding carboxylic acids is 1. The van der Waals surface area contributed by atoms with E-state index in [4.69, 9.17) is 5.11 Å². The van der Waals surface area contributed by atoms with Gasteiger partial charge in [-0.15, -0.1) is 0 Å². The van der Waals surface area contributed by atoms with Crippen molar-refractivity contribution in [1.82, 2.24) is 19.9 Å². The number of nitrogens with one attached hydrogen (secondary N) is 2. The van der Waals surface area contributed by atoms with E-state index in [1.807, 2.05) is 7.05 Å². The van der Waals surface area contributed by atoms with Crippen LogP contribution in [0.2, 0.25) is 0 Å². The van der Waals surface area contributed by atoms with Gasteiger partial charge in [-0.2, -0.15) is 0 Å². The molecular formula is C12H13N5O3. The Bertz CT molecular complexity index is 638. The lowest BCUT2D eigenvalue weighted by atomic mass is 10.3. The number of nitrogens with zero attached hydrogens (tertiary/aromatic N) is 3. The van der Waals surface area contributed by atoms with Crippen molar-refractivity contribution >= 4 is 17.7 Å². The summed E-state index contributed by atoms with van der Waals surface area (Å²) in [5.41, 5.74) is -0.0722. The Hall–Kier alpha value is -2.90. The van der Waals surface area contributed by atoms with Gasteiger partial charge >= 0.3 is 12.0 Å². The summed E-state index contributed by atoms with van der Waals surface area (Å²) >= 11 is 0. The van der Waals surface area contributed by atoms with Gasteiger partial charge in [0.1, 0.15) is 5.82 Å². The second kappa shape index (κ2) is 5.83. The molecule has 0 saturated heterocycles. The number of carboxylic acid groups (broad SMARTS) is 1. The lowest BCUT2D eigenvalue weighted by Gasteiger charge is -2.09. The average molecular weight is 275 g/mol. The number of pyridine rings is 1. The van der Waals surface area contributed by atoms with Crippen molar-refractivity contribution in [3.05, 3.63) is 42.2 Å². The van der Waals surface area contributed by atoms with Crippen LogP contribution in [0, 0.1) is 0 Å². The van der Waals surface area contributed by atoms with Crippen LogP contribution >= 0.6 is 0 Å². The molecule has 0 aromatic carbocycles. The van der Waals surface area contributed by atoms with Crippen LogP contribution in [-0.4, -0.2) is 31.6 Å². The molecule has 0 fully saturated rings. The summed E-state index contributed by atoms with van der Waals surface area (Å²) in [5, 5.41) is 14.0. The van der Waals surface area contributed by atoms with Gasteiger partial charge in [-0.1, -0.05) is 0 Å². The van der Waals surface area contributed by atoms with Gasteiger partial charge in [-0.3, -0.25) is 0 Å². The van der Waals surface area contributed by atoms with Crippen LogP contribution in [0.15, 0.2) is 30.7 Å². The Balaban J connectivity index is 1.98. The Morgan fingerprint density at radius 1 is 1.35 bits per heavy atom. The molecule has 2 rings (SSSR count). The molecule has 2 aromatic rings. The maximum absolute atomic E-state index is 11.7. The first kappa shape index (κ1) is 13.5. The van der Waals surface area contributed by atoms with Gasteiger partial charge in [0.05, 0.1) is 12.2 Å². The van der Waals surface area contributed by atoms with Crippen molar-refractivity contribution in [3.8, 4) is 0 Å². The molecule has 0 aliphatic carbocycles. The molecule has 8 nitrogen and oxygen atoms in total. The Labute approximate surface area is 114 Å². The second-order valence-corrected chi connectivity index (χ2v) is 3.97. The van der Waals surface area contributed by atoms with Crippen molar-refractivity contribution in [1.29, 1.82) is 0 Å². The summed E-state index contributed by atoms with van der Waals surface area (Å²) < 4.78 is 1.77. The van der Waals surface area contributed by atoms with E-state index in [-0.39, 0.29) is 17.9 Å². The first-order valence-electron chi connectivity index (χ1n) is 5.77. The number of carbonyl (C=O) groups is 2. The summed E-state index contributed by atoms with van der Waals surface area (Å²) in [7, 11) is 1.81. The smallest absolute Gasteiger partial charge is 0.356 e. The highest BCUT2D eigenvalue weighted by molar-refractivity contribution is 5.98. The molecule has 8 heteroatoms. The van der Waals surface area contributed by atoms with Crippen LogP contribution < -0.4 is 10.6 Å². The molecule has 3 N–H and O–H groups in total. The van der Waals surface area contributed by atoms with Gasteiger partial charge in [-0.25, -0.2) is 19.6 Å². The molecule has 104 valence electrons. The number of urea groups is 1. The number of amides is 2. The monoisotopic (exact) mass is 275 g/mol. The summed E-state index contributed by atoms with van der Waals surface area (Å²) in [6.07, 6.45) is 4.73. The van der Waals surface area contributed by atoms with Crippen molar-refractivity contribution < 1.29 is 14.7 Å². The number of hydrogen-bond acceptors (Lipinski definition) is 4. The molecule has 2 heterocycles. The van der Waals surface area contributed by atoms with Gasteiger partial charge < -0.3 is 20.3 Å². The van der Waals surface area contributed by atoms with E-state index in [0.29, 0.717) is 5.82 Å². The van der Waals surface area contributed by atoms with E-state index in [2.05, 4.69) is 20.6 Å². The van der Waals surface area contributed by atoms with Crippen molar-refractivity contribution in [2.45, 2.75) is 6.54 Å². The van der Waals surface area contributed by atoms with Gasteiger partial charge in [0.2, 0.25) is 0 Å². The van der Waals surface area contributed by atoms with E-state index < -0.39 is 12.0 Å². The number of anilines is 1. The zero-order chi connectivity index (χ0) is 14.5. The third-order valence-electron chi connectivity index (χ3n) is 2.59.